The first-order valence-corrected chi connectivity index (χ1v) is 11.3. The van der Waals surface area contributed by atoms with Crippen LogP contribution in [-0.4, -0.2) is 35.9 Å². The Morgan fingerprint density at radius 2 is 2.03 bits per heavy atom. The van der Waals surface area contributed by atoms with E-state index in [1.54, 1.807) is 13.8 Å². The first-order valence-electron chi connectivity index (χ1n) is 10.5. The Labute approximate surface area is 185 Å². The molecule has 31 heavy (non-hydrogen) atoms. The fraction of sp³-hybridized carbons (Fsp3) is 0.348. The van der Waals surface area contributed by atoms with E-state index in [1.807, 2.05) is 35.7 Å². The predicted molar refractivity (Wildman–Crippen MR) is 123 cm³/mol. The number of nitrogens with one attached hydrogen (secondary N) is 2. The lowest BCUT2D eigenvalue weighted by Crippen LogP contribution is -2.36. The fourth-order valence-corrected chi connectivity index (χ4v) is 4.35. The molecule has 0 spiro atoms. The van der Waals surface area contributed by atoms with Gasteiger partial charge in [-0.1, -0.05) is 12.1 Å². The van der Waals surface area contributed by atoms with E-state index < -0.39 is 0 Å². The molecule has 1 fully saturated rings. The maximum absolute atomic E-state index is 12.6. The molecule has 3 heterocycles. The van der Waals surface area contributed by atoms with E-state index in [1.165, 1.54) is 24.2 Å². The lowest BCUT2D eigenvalue weighted by Gasteiger charge is -2.19. The van der Waals surface area contributed by atoms with Gasteiger partial charge in [0.25, 0.3) is 5.91 Å². The average Bonchev–Trinajstić information content (AvgIpc) is 3.49. The number of hydrogen-bond acceptors (Lipinski definition) is 6. The van der Waals surface area contributed by atoms with Crippen LogP contribution in [0.1, 0.15) is 42.4 Å². The largest absolute Gasteiger partial charge is 0.440 e. The van der Waals surface area contributed by atoms with Gasteiger partial charge in [-0.25, -0.2) is 4.98 Å². The number of oxazole rings is 1. The third-order valence-electron chi connectivity index (χ3n) is 5.21. The molecule has 0 aliphatic carbocycles. The molecule has 2 amide bonds. The Morgan fingerprint density at radius 3 is 2.77 bits per heavy atom. The number of hydrogen-bond donors (Lipinski definition) is 2. The van der Waals surface area contributed by atoms with Crippen molar-refractivity contribution in [2.24, 2.45) is 0 Å². The molecule has 8 heteroatoms. The minimum absolute atomic E-state index is 0.150. The molecule has 0 radical (unpaired) electrons. The molecule has 1 atom stereocenters. The van der Waals surface area contributed by atoms with Gasteiger partial charge in [0.05, 0.1) is 4.88 Å². The van der Waals surface area contributed by atoms with Crippen molar-refractivity contribution in [3.63, 3.8) is 0 Å². The zero-order chi connectivity index (χ0) is 21.8. The number of carbonyl (C=O) groups excluding carboxylic acids is 2. The van der Waals surface area contributed by atoms with Gasteiger partial charge in [-0.05, 0) is 56.3 Å². The fourth-order valence-electron chi connectivity index (χ4n) is 3.70. The van der Waals surface area contributed by atoms with Crippen LogP contribution >= 0.6 is 11.3 Å². The monoisotopic (exact) mass is 438 g/mol. The number of aryl methyl sites for hydroxylation is 1. The summed E-state index contributed by atoms with van der Waals surface area (Å²) in [5.41, 5.74) is 2.13. The Kier molecular flexibility index (Phi) is 6.36. The quantitative estimate of drug-likeness (QED) is 0.569. The van der Waals surface area contributed by atoms with E-state index in [0.717, 1.165) is 29.3 Å². The summed E-state index contributed by atoms with van der Waals surface area (Å²) in [6.45, 7) is 5.61. The molecular weight excluding hydrogens is 412 g/mol. The first-order chi connectivity index (χ1) is 15.0. The highest BCUT2D eigenvalue weighted by atomic mass is 32.1. The maximum atomic E-state index is 12.6. The van der Waals surface area contributed by atoms with Crippen LogP contribution in [0, 0.1) is 6.92 Å². The minimum Gasteiger partial charge on any atom is -0.440 e. The summed E-state index contributed by atoms with van der Waals surface area (Å²) in [6, 6.07) is 11.3. The minimum atomic E-state index is -0.351. The topological polar surface area (TPSA) is 87.5 Å². The molecule has 1 saturated heterocycles. The van der Waals surface area contributed by atoms with Crippen LogP contribution in [0.4, 0.5) is 11.4 Å². The van der Waals surface area contributed by atoms with Gasteiger partial charge < -0.3 is 20.0 Å². The van der Waals surface area contributed by atoms with Crippen molar-refractivity contribution in [2.75, 3.05) is 23.3 Å². The van der Waals surface area contributed by atoms with Crippen molar-refractivity contribution in [3.8, 4) is 10.8 Å². The molecule has 0 bridgehead atoms. The van der Waals surface area contributed by atoms with Crippen molar-refractivity contribution in [1.82, 2.24) is 10.3 Å². The van der Waals surface area contributed by atoms with Gasteiger partial charge >= 0.3 is 0 Å². The van der Waals surface area contributed by atoms with Crippen molar-refractivity contribution >= 4 is 34.5 Å². The third kappa shape index (κ3) is 5.14. The lowest BCUT2D eigenvalue weighted by molar-refractivity contribution is -0.116. The zero-order valence-corrected chi connectivity index (χ0v) is 18.5. The Bertz CT molecular complexity index is 1050. The van der Waals surface area contributed by atoms with Crippen LogP contribution in [0.25, 0.3) is 10.8 Å². The van der Waals surface area contributed by atoms with Gasteiger partial charge in [0.1, 0.15) is 5.76 Å². The van der Waals surface area contributed by atoms with Crippen LogP contribution in [0.15, 0.2) is 46.2 Å². The lowest BCUT2D eigenvalue weighted by atomic mass is 10.2. The summed E-state index contributed by atoms with van der Waals surface area (Å²) < 4.78 is 5.63. The average molecular weight is 439 g/mol. The van der Waals surface area contributed by atoms with Gasteiger partial charge in [-0.15, -0.1) is 11.3 Å². The summed E-state index contributed by atoms with van der Waals surface area (Å²) in [5, 5.41) is 7.70. The molecule has 1 aromatic carbocycles. The van der Waals surface area contributed by atoms with E-state index in [4.69, 9.17) is 4.42 Å². The molecule has 1 unspecified atom stereocenters. The highest BCUT2D eigenvalue weighted by Gasteiger charge is 2.21. The smallest absolute Gasteiger partial charge is 0.273 e. The molecule has 3 aromatic rings. The summed E-state index contributed by atoms with van der Waals surface area (Å²) in [7, 11) is 0. The van der Waals surface area contributed by atoms with Gasteiger partial charge in [0.15, 0.2) is 5.69 Å². The van der Waals surface area contributed by atoms with Crippen LogP contribution in [-0.2, 0) is 4.79 Å². The Hall–Kier alpha value is -3.13. The van der Waals surface area contributed by atoms with Gasteiger partial charge in [-0.3, -0.25) is 9.59 Å². The zero-order valence-electron chi connectivity index (χ0n) is 17.7. The van der Waals surface area contributed by atoms with Crippen LogP contribution in [0.2, 0.25) is 0 Å². The van der Waals surface area contributed by atoms with Crippen molar-refractivity contribution < 1.29 is 14.0 Å². The van der Waals surface area contributed by atoms with E-state index >= 15 is 0 Å². The number of rotatable bonds is 7. The van der Waals surface area contributed by atoms with Gasteiger partial charge in [0, 0.05) is 36.9 Å². The molecule has 7 nitrogen and oxygen atoms in total. The molecule has 1 aliphatic rings. The Morgan fingerprint density at radius 1 is 1.23 bits per heavy atom. The number of carbonyl (C=O) groups is 2. The molecule has 1 aliphatic heterocycles. The number of amides is 2. The number of aromatic nitrogens is 1. The van der Waals surface area contributed by atoms with Gasteiger partial charge in [0.2, 0.25) is 11.8 Å². The summed E-state index contributed by atoms with van der Waals surface area (Å²) in [6.07, 6.45) is 2.57. The second-order valence-corrected chi connectivity index (χ2v) is 8.72. The summed E-state index contributed by atoms with van der Waals surface area (Å²) >= 11 is 1.50. The molecule has 0 saturated carbocycles. The molecule has 4 rings (SSSR count). The van der Waals surface area contributed by atoms with Gasteiger partial charge in [-0.2, -0.15) is 0 Å². The van der Waals surface area contributed by atoms with E-state index in [9.17, 15) is 9.59 Å². The second-order valence-electron chi connectivity index (χ2n) is 7.77. The van der Waals surface area contributed by atoms with Crippen LogP contribution in [0.3, 0.4) is 0 Å². The van der Waals surface area contributed by atoms with Crippen LogP contribution < -0.4 is 15.5 Å². The molecule has 2 N–H and O–H groups in total. The Balaban J connectivity index is 1.32. The second kappa shape index (κ2) is 9.34. The normalized spacial score (nSPS) is 14.5. The number of anilines is 2. The molecule has 2 aromatic heterocycles. The van der Waals surface area contributed by atoms with Crippen molar-refractivity contribution in [3.05, 3.63) is 53.2 Å². The number of benzene rings is 1. The third-order valence-corrected chi connectivity index (χ3v) is 6.07. The number of nitrogens with zero attached hydrogens (tertiary/aromatic N) is 2. The SMILES string of the molecule is Cc1oc(-c2cccs2)nc1C(=O)NC(C)CC(=O)Nc1cccc(N2CCCC2)c1. The molecular formula is C23H26N4O3S. The predicted octanol–water partition coefficient (Wildman–Crippen LogP) is 4.46. The highest BCUT2D eigenvalue weighted by molar-refractivity contribution is 7.13. The highest BCUT2D eigenvalue weighted by Crippen LogP contribution is 2.26. The summed E-state index contributed by atoms with van der Waals surface area (Å²) in [5.74, 6) is 0.389. The van der Waals surface area contributed by atoms with E-state index in [0.29, 0.717) is 11.7 Å². The van der Waals surface area contributed by atoms with Crippen LogP contribution in [0.5, 0.6) is 0 Å². The number of thiophene rings is 1. The van der Waals surface area contributed by atoms with Crippen molar-refractivity contribution in [2.45, 2.75) is 39.2 Å². The maximum Gasteiger partial charge on any atom is 0.273 e. The van der Waals surface area contributed by atoms with E-state index in [2.05, 4.69) is 26.6 Å². The molecule has 162 valence electrons. The van der Waals surface area contributed by atoms with E-state index in [-0.39, 0.29) is 30.0 Å². The standard InChI is InChI=1S/C23H26N4O3S/c1-15(24-22(29)21-16(2)30-23(26-21)19-9-6-12-31-19)13-20(28)25-17-7-5-8-18(14-17)27-10-3-4-11-27/h5-9,12,14-15H,3-4,10-11,13H2,1-2H3,(H,24,29)(H,25,28). The van der Waals surface area contributed by atoms with Crippen molar-refractivity contribution in [1.29, 1.82) is 0 Å². The first kappa shape index (κ1) is 21.1. The summed E-state index contributed by atoms with van der Waals surface area (Å²) in [4.78, 5) is 32.6.